The largest absolute Gasteiger partial charge is 0.329 e. The van der Waals surface area contributed by atoms with Crippen molar-refractivity contribution in [1.29, 1.82) is 0 Å². The molecule has 1 atom stereocenters. The Morgan fingerprint density at radius 3 is 2.85 bits per heavy atom. The first kappa shape index (κ1) is 13.8. The molecule has 2 N–H and O–H groups in total. The average Bonchev–Trinajstić information content (AvgIpc) is 3.04. The Morgan fingerprint density at radius 2 is 2.35 bits per heavy atom. The van der Waals surface area contributed by atoms with E-state index in [1.54, 1.807) is 11.3 Å². The molecular weight excluding hydrogens is 268 g/mol. The van der Waals surface area contributed by atoms with Crippen LogP contribution in [0.15, 0.2) is 23.0 Å². The number of aryl methyl sites for hydroxylation is 2. The smallest absolute Gasteiger partial charge is 0.0641 e. The van der Waals surface area contributed by atoms with E-state index >= 15 is 0 Å². The van der Waals surface area contributed by atoms with Gasteiger partial charge in [0, 0.05) is 37.9 Å². The number of nitrogens with two attached hydrogens (primary N) is 1. The maximum atomic E-state index is 6.10. The summed E-state index contributed by atoms with van der Waals surface area (Å²) in [6.45, 7) is 3.71. The molecule has 1 fully saturated rings. The molecule has 2 heterocycles. The van der Waals surface area contributed by atoms with E-state index < -0.39 is 0 Å². The van der Waals surface area contributed by atoms with E-state index in [0.29, 0.717) is 12.6 Å². The highest BCUT2D eigenvalue weighted by Gasteiger charge is 2.35. The number of nitrogens with zero attached hydrogens (tertiary/aromatic N) is 3. The van der Waals surface area contributed by atoms with Crippen molar-refractivity contribution in [3.63, 3.8) is 0 Å². The van der Waals surface area contributed by atoms with Gasteiger partial charge >= 0.3 is 0 Å². The van der Waals surface area contributed by atoms with Crippen LogP contribution in [0.4, 0.5) is 0 Å². The van der Waals surface area contributed by atoms with E-state index in [1.807, 2.05) is 11.7 Å². The van der Waals surface area contributed by atoms with Crippen molar-refractivity contribution in [3.05, 3.63) is 39.8 Å². The summed E-state index contributed by atoms with van der Waals surface area (Å²) in [5.41, 5.74) is 9.86. The van der Waals surface area contributed by atoms with Crippen LogP contribution in [0, 0.1) is 6.92 Å². The van der Waals surface area contributed by atoms with Crippen molar-refractivity contribution in [2.24, 2.45) is 12.8 Å². The fourth-order valence-electron chi connectivity index (χ4n) is 2.88. The molecule has 0 aliphatic heterocycles. The van der Waals surface area contributed by atoms with Crippen LogP contribution in [0.3, 0.4) is 0 Å². The number of hydrogen-bond donors (Lipinski definition) is 1. The van der Waals surface area contributed by atoms with Crippen LogP contribution in [0.25, 0.3) is 0 Å². The van der Waals surface area contributed by atoms with Gasteiger partial charge < -0.3 is 5.73 Å². The van der Waals surface area contributed by atoms with Crippen LogP contribution in [-0.4, -0.2) is 27.3 Å². The molecule has 1 aliphatic carbocycles. The molecule has 1 saturated carbocycles. The Balaban J connectivity index is 1.86. The van der Waals surface area contributed by atoms with E-state index in [1.165, 1.54) is 24.0 Å². The maximum Gasteiger partial charge on any atom is 0.0641 e. The molecule has 5 heteroatoms. The molecule has 0 spiro atoms. The Kier molecular flexibility index (Phi) is 3.92. The SMILES string of the molecule is Cc1nn(C)cc1C(CN)N(Cc1ccsc1)C1CC1. The van der Waals surface area contributed by atoms with Gasteiger partial charge in [-0.1, -0.05) is 0 Å². The highest BCUT2D eigenvalue weighted by molar-refractivity contribution is 7.07. The Hall–Kier alpha value is -1.17. The van der Waals surface area contributed by atoms with Crippen molar-refractivity contribution < 1.29 is 0 Å². The van der Waals surface area contributed by atoms with Crippen molar-refractivity contribution >= 4 is 11.3 Å². The molecule has 20 heavy (non-hydrogen) atoms. The molecule has 0 saturated heterocycles. The third-order valence-corrected chi connectivity index (χ3v) is 4.73. The van der Waals surface area contributed by atoms with E-state index in [0.717, 1.165) is 12.2 Å². The topological polar surface area (TPSA) is 47.1 Å². The summed E-state index contributed by atoms with van der Waals surface area (Å²) in [6.07, 6.45) is 4.70. The highest BCUT2D eigenvalue weighted by Crippen LogP contribution is 2.36. The molecule has 4 nitrogen and oxygen atoms in total. The lowest BCUT2D eigenvalue weighted by Gasteiger charge is -2.30. The lowest BCUT2D eigenvalue weighted by molar-refractivity contribution is 0.181. The van der Waals surface area contributed by atoms with E-state index in [2.05, 4.69) is 39.9 Å². The van der Waals surface area contributed by atoms with Crippen LogP contribution in [-0.2, 0) is 13.6 Å². The minimum absolute atomic E-state index is 0.274. The van der Waals surface area contributed by atoms with Crippen molar-refractivity contribution in [3.8, 4) is 0 Å². The molecule has 108 valence electrons. The minimum Gasteiger partial charge on any atom is -0.329 e. The molecule has 3 rings (SSSR count). The van der Waals surface area contributed by atoms with Gasteiger partial charge in [0.05, 0.1) is 11.7 Å². The third-order valence-electron chi connectivity index (χ3n) is 4.00. The lowest BCUT2D eigenvalue weighted by atomic mass is 10.1. The highest BCUT2D eigenvalue weighted by atomic mass is 32.1. The molecule has 0 amide bonds. The predicted molar refractivity (Wildman–Crippen MR) is 82.6 cm³/mol. The zero-order valence-corrected chi connectivity index (χ0v) is 12.9. The first-order chi connectivity index (χ1) is 9.69. The van der Waals surface area contributed by atoms with Gasteiger partial charge in [-0.15, -0.1) is 0 Å². The molecule has 1 unspecified atom stereocenters. The molecular formula is C15H22N4S. The van der Waals surface area contributed by atoms with Gasteiger partial charge in [0.25, 0.3) is 0 Å². The maximum absolute atomic E-state index is 6.10. The van der Waals surface area contributed by atoms with Crippen molar-refractivity contribution in [1.82, 2.24) is 14.7 Å². The number of aromatic nitrogens is 2. The second-order valence-corrected chi connectivity index (χ2v) is 6.41. The van der Waals surface area contributed by atoms with Crippen LogP contribution in [0.1, 0.15) is 35.7 Å². The van der Waals surface area contributed by atoms with E-state index in [-0.39, 0.29) is 6.04 Å². The molecule has 2 aromatic heterocycles. The summed E-state index contributed by atoms with van der Waals surface area (Å²) < 4.78 is 1.89. The Morgan fingerprint density at radius 1 is 1.55 bits per heavy atom. The summed E-state index contributed by atoms with van der Waals surface area (Å²) in [6, 6.07) is 3.17. The second-order valence-electron chi connectivity index (χ2n) is 5.63. The summed E-state index contributed by atoms with van der Waals surface area (Å²) >= 11 is 1.76. The average molecular weight is 290 g/mol. The van der Waals surface area contributed by atoms with Gasteiger partial charge in [-0.05, 0) is 42.2 Å². The van der Waals surface area contributed by atoms with E-state index in [4.69, 9.17) is 5.73 Å². The lowest BCUT2D eigenvalue weighted by Crippen LogP contribution is -2.35. The third kappa shape index (κ3) is 2.80. The summed E-state index contributed by atoms with van der Waals surface area (Å²) in [5, 5.41) is 8.86. The van der Waals surface area contributed by atoms with Crippen LogP contribution >= 0.6 is 11.3 Å². The second kappa shape index (κ2) is 5.68. The summed E-state index contributed by atoms with van der Waals surface area (Å²) in [4.78, 5) is 2.56. The molecule has 0 bridgehead atoms. The normalized spacial score (nSPS) is 16.8. The standard InChI is InChI=1S/C15H22N4S/c1-11-14(9-18(2)17-11)15(7-16)19(13-3-4-13)8-12-5-6-20-10-12/h5-6,9-10,13,15H,3-4,7-8,16H2,1-2H3. The summed E-state index contributed by atoms with van der Waals surface area (Å²) in [7, 11) is 1.98. The molecule has 1 aliphatic rings. The van der Waals surface area contributed by atoms with Crippen molar-refractivity contribution in [2.75, 3.05) is 6.54 Å². The van der Waals surface area contributed by atoms with Gasteiger partial charge in [0.1, 0.15) is 0 Å². The van der Waals surface area contributed by atoms with E-state index in [9.17, 15) is 0 Å². The Labute approximate surface area is 124 Å². The first-order valence-corrected chi connectivity index (χ1v) is 8.10. The number of thiophene rings is 1. The van der Waals surface area contributed by atoms with Crippen LogP contribution in [0.5, 0.6) is 0 Å². The summed E-state index contributed by atoms with van der Waals surface area (Å²) in [5.74, 6) is 0. The monoisotopic (exact) mass is 290 g/mol. The molecule has 0 radical (unpaired) electrons. The van der Waals surface area contributed by atoms with Gasteiger partial charge in [-0.3, -0.25) is 9.58 Å². The van der Waals surface area contributed by atoms with Crippen molar-refractivity contribution in [2.45, 2.75) is 38.4 Å². The van der Waals surface area contributed by atoms with Crippen LogP contribution in [0.2, 0.25) is 0 Å². The zero-order valence-electron chi connectivity index (χ0n) is 12.1. The Bertz CT molecular complexity index is 556. The van der Waals surface area contributed by atoms with Gasteiger partial charge in [-0.2, -0.15) is 16.4 Å². The molecule has 0 aromatic carbocycles. The number of rotatable bonds is 6. The fourth-order valence-corrected chi connectivity index (χ4v) is 3.54. The van der Waals surface area contributed by atoms with Gasteiger partial charge in [0.2, 0.25) is 0 Å². The van der Waals surface area contributed by atoms with Gasteiger partial charge in [0.15, 0.2) is 0 Å². The van der Waals surface area contributed by atoms with Crippen LogP contribution < -0.4 is 5.73 Å². The fraction of sp³-hybridized carbons (Fsp3) is 0.533. The number of hydrogen-bond acceptors (Lipinski definition) is 4. The molecule has 2 aromatic rings. The minimum atomic E-state index is 0.274. The quantitative estimate of drug-likeness (QED) is 0.889. The zero-order chi connectivity index (χ0) is 14.1. The first-order valence-electron chi connectivity index (χ1n) is 7.16. The van der Waals surface area contributed by atoms with Gasteiger partial charge in [-0.25, -0.2) is 0 Å². The predicted octanol–water partition coefficient (Wildman–Crippen LogP) is 2.45.